The smallest absolute Gasteiger partial charge is 0.273 e. The van der Waals surface area contributed by atoms with Crippen LogP contribution in [0, 0.1) is 13.8 Å². The Morgan fingerprint density at radius 2 is 1.46 bits per heavy atom. The summed E-state index contributed by atoms with van der Waals surface area (Å²) in [6.07, 6.45) is 3.42. The largest absolute Gasteiger partial charge is 0.334 e. The average molecular weight is 367 g/mol. The molecule has 0 radical (unpaired) electrons. The molecule has 4 heteroatoms. The van der Waals surface area contributed by atoms with Crippen LogP contribution in [0.1, 0.15) is 11.1 Å². The van der Waals surface area contributed by atoms with Crippen LogP contribution in [0.5, 0.6) is 0 Å². The van der Waals surface area contributed by atoms with Gasteiger partial charge in [-0.25, -0.2) is 4.98 Å². The molecule has 0 saturated heterocycles. The van der Waals surface area contributed by atoms with Gasteiger partial charge in [0.25, 0.3) is 5.82 Å². The van der Waals surface area contributed by atoms with Gasteiger partial charge in [-0.15, -0.1) is 0 Å². The van der Waals surface area contributed by atoms with Gasteiger partial charge in [0, 0.05) is 18.0 Å². The number of hydrogen-bond acceptors (Lipinski definition) is 3. The Balaban J connectivity index is 1.64. The minimum atomic E-state index is 0.742. The number of nitrogens with two attached hydrogens (primary N) is 1. The Morgan fingerprint density at radius 3 is 2.25 bits per heavy atom. The quantitative estimate of drug-likeness (QED) is 0.486. The maximum Gasteiger partial charge on any atom is 0.273 e. The van der Waals surface area contributed by atoms with Crippen molar-refractivity contribution >= 4 is 23.0 Å². The number of quaternary nitrogens is 1. The van der Waals surface area contributed by atoms with Gasteiger partial charge in [0.05, 0.1) is 6.20 Å². The van der Waals surface area contributed by atoms with Crippen molar-refractivity contribution in [1.82, 2.24) is 9.97 Å². The average Bonchev–Trinajstić information content (AvgIpc) is 2.71. The molecule has 0 aliphatic rings. The first kappa shape index (κ1) is 17.9. The van der Waals surface area contributed by atoms with E-state index in [9.17, 15) is 0 Å². The maximum atomic E-state index is 4.53. The Labute approximate surface area is 165 Å². The van der Waals surface area contributed by atoms with Crippen molar-refractivity contribution in [3.05, 3.63) is 96.3 Å². The van der Waals surface area contributed by atoms with Crippen molar-refractivity contribution in [2.24, 2.45) is 0 Å². The van der Waals surface area contributed by atoms with E-state index in [2.05, 4.69) is 76.9 Å². The van der Waals surface area contributed by atoms with Crippen molar-refractivity contribution in [3.63, 3.8) is 0 Å². The summed E-state index contributed by atoms with van der Waals surface area (Å²) in [7, 11) is 0. The molecule has 0 fully saturated rings. The molecule has 3 N–H and O–H groups in total. The van der Waals surface area contributed by atoms with E-state index in [1.807, 2.05) is 30.3 Å². The van der Waals surface area contributed by atoms with Crippen LogP contribution in [-0.4, -0.2) is 9.97 Å². The van der Waals surface area contributed by atoms with Crippen molar-refractivity contribution in [2.45, 2.75) is 13.8 Å². The molecule has 4 nitrogen and oxygen atoms in total. The summed E-state index contributed by atoms with van der Waals surface area (Å²) in [4.78, 5) is 9.00. The zero-order chi connectivity index (χ0) is 19.3. The predicted octanol–water partition coefficient (Wildman–Crippen LogP) is 5.03. The lowest BCUT2D eigenvalue weighted by molar-refractivity contribution is -0.482. The van der Waals surface area contributed by atoms with Crippen LogP contribution in [0.15, 0.2) is 85.2 Å². The van der Waals surface area contributed by atoms with Crippen LogP contribution in [-0.2, 0) is 0 Å². The second kappa shape index (κ2) is 8.03. The minimum absolute atomic E-state index is 0.742. The first-order chi connectivity index (χ1) is 13.7. The number of nitrogens with zero attached hydrogens (tertiary/aromatic N) is 2. The molecule has 3 aromatic carbocycles. The Bertz CT molecular complexity index is 1070. The number of hydrogen-bond donors (Lipinski definition) is 2. The van der Waals surface area contributed by atoms with E-state index in [0.29, 0.717) is 0 Å². The third-order valence-electron chi connectivity index (χ3n) is 4.72. The van der Waals surface area contributed by atoms with Crippen molar-refractivity contribution in [1.29, 1.82) is 0 Å². The number of aryl methyl sites for hydroxylation is 2. The minimum Gasteiger partial charge on any atom is -0.334 e. The van der Waals surface area contributed by atoms with Gasteiger partial charge >= 0.3 is 0 Å². The van der Waals surface area contributed by atoms with E-state index in [1.165, 1.54) is 22.3 Å². The number of aromatic nitrogens is 2. The summed E-state index contributed by atoms with van der Waals surface area (Å²) < 4.78 is 0. The highest BCUT2D eigenvalue weighted by atomic mass is 15.1. The number of rotatable bonds is 5. The fraction of sp³-hybridized carbons (Fsp3) is 0.0833. The monoisotopic (exact) mass is 367 g/mol. The van der Waals surface area contributed by atoms with Crippen molar-refractivity contribution in [2.75, 3.05) is 5.32 Å². The molecular formula is C24H23N4+. The molecule has 0 saturated carbocycles. The van der Waals surface area contributed by atoms with Gasteiger partial charge < -0.3 is 5.32 Å². The summed E-state index contributed by atoms with van der Waals surface area (Å²) in [6.45, 7) is 4.31. The van der Waals surface area contributed by atoms with Gasteiger partial charge in [-0.3, -0.25) is 5.32 Å². The Morgan fingerprint density at radius 1 is 0.750 bits per heavy atom. The van der Waals surface area contributed by atoms with Crippen molar-refractivity contribution in [3.8, 4) is 11.1 Å². The summed E-state index contributed by atoms with van der Waals surface area (Å²) in [5.41, 5.74) is 7.15. The molecule has 1 aromatic heterocycles. The van der Waals surface area contributed by atoms with Gasteiger partial charge in [-0.1, -0.05) is 48.5 Å². The molecule has 0 spiro atoms. The summed E-state index contributed by atoms with van der Waals surface area (Å²) in [5.74, 6) is 1.55. The third-order valence-corrected chi connectivity index (χ3v) is 4.72. The van der Waals surface area contributed by atoms with E-state index < -0.39 is 0 Å². The second-order valence-electron chi connectivity index (χ2n) is 6.82. The van der Waals surface area contributed by atoms with Gasteiger partial charge in [0.2, 0.25) is 5.82 Å². The van der Waals surface area contributed by atoms with E-state index >= 15 is 0 Å². The molecule has 4 aromatic rings. The first-order valence-corrected chi connectivity index (χ1v) is 9.35. The maximum absolute atomic E-state index is 4.53. The van der Waals surface area contributed by atoms with Gasteiger partial charge in [0.1, 0.15) is 5.69 Å². The number of anilines is 2. The van der Waals surface area contributed by atoms with E-state index in [-0.39, 0.29) is 0 Å². The van der Waals surface area contributed by atoms with Gasteiger partial charge in [0.15, 0.2) is 0 Å². The standard InChI is InChI=1S/C24H22N4/c1-17-8-6-9-18(2)22(17)19-10-7-13-21(16-19)28-24-23(25-14-15-26-24)27-20-11-4-3-5-12-20/h3-16H,1-2H3,(H,25,27)(H,26,28)/p+1. The molecule has 0 atom stereocenters. The first-order valence-electron chi connectivity index (χ1n) is 9.35. The second-order valence-corrected chi connectivity index (χ2v) is 6.82. The zero-order valence-electron chi connectivity index (χ0n) is 16.1. The molecule has 0 unspecified atom stereocenters. The molecule has 1 heterocycles. The highest BCUT2D eigenvalue weighted by Gasteiger charge is 2.13. The lowest BCUT2D eigenvalue weighted by Gasteiger charge is -2.11. The molecule has 28 heavy (non-hydrogen) atoms. The van der Waals surface area contributed by atoms with Crippen molar-refractivity contribution < 1.29 is 5.32 Å². The summed E-state index contributed by atoms with van der Waals surface area (Å²) in [5, 5.41) is 5.42. The van der Waals surface area contributed by atoms with E-state index in [4.69, 9.17) is 0 Å². The van der Waals surface area contributed by atoms with Crippen LogP contribution < -0.4 is 10.6 Å². The number of nitrogens with one attached hydrogen (secondary N) is 1. The van der Waals surface area contributed by atoms with Gasteiger partial charge in [-0.05, 0) is 54.3 Å². The number of para-hydroxylation sites is 1. The van der Waals surface area contributed by atoms with Gasteiger partial charge in [-0.2, -0.15) is 4.98 Å². The lowest BCUT2D eigenvalue weighted by atomic mass is 9.95. The molecule has 4 rings (SSSR count). The SMILES string of the molecule is Cc1cccc(C)c1-c1cccc([NH2+]c2nccnc2Nc2ccccc2)c1. The third kappa shape index (κ3) is 3.92. The Kier molecular flexibility index (Phi) is 5.13. The predicted molar refractivity (Wildman–Crippen MR) is 114 cm³/mol. The fourth-order valence-electron chi connectivity index (χ4n) is 3.42. The topological polar surface area (TPSA) is 54.4 Å². The number of benzene rings is 3. The van der Waals surface area contributed by atoms with Crippen LogP contribution >= 0.6 is 0 Å². The van der Waals surface area contributed by atoms with Crippen LogP contribution in [0.3, 0.4) is 0 Å². The summed E-state index contributed by atoms with van der Waals surface area (Å²) in [6, 6.07) is 25.0. The molecule has 138 valence electrons. The molecule has 0 amide bonds. The highest BCUT2D eigenvalue weighted by Crippen LogP contribution is 2.28. The van der Waals surface area contributed by atoms with E-state index in [1.54, 1.807) is 12.4 Å². The highest BCUT2D eigenvalue weighted by molar-refractivity contribution is 5.72. The van der Waals surface area contributed by atoms with Crippen LogP contribution in [0.25, 0.3) is 11.1 Å². The fourth-order valence-corrected chi connectivity index (χ4v) is 3.42. The van der Waals surface area contributed by atoms with Crippen LogP contribution in [0.4, 0.5) is 23.0 Å². The molecule has 0 bridgehead atoms. The van der Waals surface area contributed by atoms with E-state index in [0.717, 1.165) is 23.0 Å². The summed E-state index contributed by atoms with van der Waals surface area (Å²) >= 11 is 0. The normalized spacial score (nSPS) is 10.6. The molecule has 0 aliphatic carbocycles. The zero-order valence-corrected chi connectivity index (χ0v) is 16.1. The molecular weight excluding hydrogens is 344 g/mol. The molecule has 0 aliphatic heterocycles. The van der Waals surface area contributed by atoms with Crippen LogP contribution in [0.2, 0.25) is 0 Å². The Hall–Kier alpha value is -3.50. The lowest BCUT2D eigenvalue weighted by Crippen LogP contribution is -2.71.